The van der Waals surface area contributed by atoms with Crippen LogP contribution in [0.1, 0.15) is 18.4 Å². The molecule has 1 aliphatic rings. The minimum absolute atomic E-state index is 0.154. The van der Waals surface area contributed by atoms with E-state index in [1.54, 1.807) is 18.5 Å². The third-order valence-corrected chi connectivity index (χ3v) is 3.98. The fourth-order valence-corrected chi connectivity index (χ4v) is 2.45. The van der Waals surface area contributed by atoms with Crippen molar-refractivity contribution in [1.29, 1.82) is 0 Å². The zero-order chi connectivity index (χ0) is 13.0. The van der Waals surface area contributed by atoms with Crippen molar-refractivity contribution in [3.63, 3.8) is 0 Å². The van der Waals surface area contributed by atoms with Gasteiger partial charge in [-0.15, -0.1) is 0 Å². The summed E-state index contributed by atoms with van der Waals surface area (Å²) in [4.78, 5) is 16.4. The Kier molecular flexibility index (Phi) is 4.32. The lowest BCUT2D eigenvalue weighted by molar-refractivity contribution is -0.132. The predicted octanol–water partition coefficient (Wildman–Crippen LogP) is 1.60. The first-order chi connectivity index (χ1) is 8.68. The van der Waals surface area contributed by atoms with Crippen LogP contribution >= 0.6 is 11.6 Å². The minimum atomic E-state index is -0.440. The number of halogens is 1. The highest BCUT2D eigenvalue weighted by Crippen LogP contribution is 2.32. The molecule has 0 aliphatic carbocycles. The van der Waals surface area contributed by atoms with Crippen molar-refractivity contribution in [2.24, 2.45) is 11.1 Å². The molecule has 1 aliphatic heterocycles. The number of Topliss-reactive ketones (excluding diaryl/α,β-unsaturated/α-hetero) is 1. The van der Waals surface area contributed by atoms with E-state index in [1.807, 2.05) is 0 Å². The molecule has 0 atom stereocenters. The van der Waals surface area contributed by atoms with Gasteiger partial charge in [0, 0.05) is 44.0 Å². The predicted molar refractivity (Wildman–Crippen MR) is 69.5 cm³/mol. The number of hydrogen-bond donors (Lipinski definition) is 1. The summed E-state index contributed by atoms with van der Waals surface area (Å²) in [6.07, 6.45) is 4.92. The van der Waals surface area contributed by atoms with Crippen LogP contribution in [-0.4, -0.2) is 30.5 Å². The Hall–Kier alpha value is -0.970. The lowest BCUT2D eigenvalue weighted by Gasteiger charge is -2.34. The second-order valence-electron chi connectivity index (χ2n) is 4.66. The lowest BCUT2D eigenvalue weighted by atomic mass is 9.74. The smallest absolute Gasteiger partial charge is 0.144 e. The molecule has 1 saturated heterocycles. The molecule has 4 nitrogen and oxygen atoms in total. The van der Waals surface area contributed by atoms with Crippen LogP contribution in [0, 0.1) is 5.41 Å². The summed E-state index contributed by atoms with van der Waals surface area (Å²) < 4.78 is 5.31. The standard InChI is InChI=1S/C13H17ClN2O2/c14-11-8-16-4-1-10(11)7-12(17)13(9-15)2-5-18-6-3-13/h1,4,8H,2-3,5-7,9,15H2. The van der Waals surface area contributed by atoms with E-state index in [0.29, 0.717) is 44.0 Å². The Bertz CT molecular complexity index is 431. The fraction of sp³-hybridized carbons (Fsp3) is 0.538. The van der Waals surface area contributed by atoms with Gasteiger partial charge in [-0.3, -0.25) is 9.78 Å². The van der Waals surface area contributed by atoms with Crippen LogP contribution in [0.5, 0.6) is 0 Å². The topological polar surface area (TPSA) is 65.2 Å². The van der Waals surface area contributed by atoms with Gasteiger partial charge in [0.15, 0.2) is 0 Å². The first kappa shape index (κ1) is 13.5. The summed E-state index contributed by atoms with van der Waals surface area (Å²) >= 11 is 6.03. The summed E-state index contributed by atoms with van der Waals surface area (Å²) in [6.45, 7) is 1.58. The Morgan fingerprint density at radius 3 is 2.83 bits per heavy atom. The molecule has 0 radical (unpaired) electrons. The third kappa shape index (κ3) is 2.71. The molecular weight excluding hydrogens is 252 g/mol. The van der Waals surface area contributed by atoms with E-state index in [9.17, 15) is 4.79 Å². The molecule has 0 spiro atoms. The average Bonchev–Trinajstić information content (AvgIpc) is 2.42. The number of carbonyl (C=O) groups is 1. The summed E-state index contributed by atoms with van der Waals surface area (Å²) in [7, 11) is 0. The molecule has 2 rings (SSSR count). The molecule has 1 fully saturated rings. The fourth-order valence-electron chi connectivity index (χ4n) is 2.27. The number of rotatable bonds is 4. The highest BCUT2D eigenvalue weighted by atomic mass is 35.5. The number of aromatic nitrogens is 1. The SMILES string of the molecule is NCC1(C(=O)Cc2ccncc2Cl)CCOCC1. The van der Waals surface area contributed by atoms with Crippen LogP contribution in [-0.2, 0) is 16.0 Å². The molecule has 2 N–H and O–H groups in total. The van der Waals surface area contributed by atoms with E-state index >= 15 is 0 Å². The van der Waals surface area contributed by atoms with E-state index in [2.05, 4.69) is 4.98 Å². The Morgan fingerprint density at radius 1 is 1.50 bits per heavy atom. The third-order valence-electron chi connectivity index (χ3n) is 3.64. The van der Waals surface area contributed by atoms with E-state index in [4.69, 9.17) is 22.1 Å². The van der Waals surface area contributed by atoms with Gasteiger partial charge >= 0.3 is 0 Å². The molecule has 0 amide bonds. The van der Waals surface area contributed by atoms with Crippen LogP contribution < -0.4 is 5.73 Å². The maximum atomic E-state index is 12.5. The second kappa shape index (κ2) is 5.78. The molecule has 0 bridgehead atoms. The second-order valence-corrected chi connectivity index (χ2v) is 5.07. The Morgan fingerprint density at radius 2 is 2.22 bits per heavy atom. The molecule has 5 heteroatoms. The lowest BCUT2D eigenvalue weighted by Crippen LogP contribution is -2.44. The molecule has 1 aromatic heterocycles. The van der Waals surface area contributed by atoms with Gasteiger partial charge in [-0.1, -0.05) is 11.6 Å². The number of hydrogen-bond acceptors (Lipinski definition) is 4. The van der Waals surface area contributed by atoms with Crippen molar-refractivity contribution in [2.45, 2.75) is 19.3 Å². The van der Waals surface area contributed by atoms with E-state index in [0.717, 1.165) is 5.56 Å². The summed E-state index contributed by atoms with van der Waals surface area (Å²) in [5.41, 5.74) is 6.19. The molecule has 1 aromatic rings. The van der Waals surface area contributed by atoms with Crippen molar-refractivity contribution in [2.75, 3.05) is 19.8 Å². The number of ketones is 1. The largest absolute Gasteiger partial charge is 0.381 e. The number of nitrogens with zero attached hydrogens (tertiary/aromatic N) is 1. The quantitative estimate of drug-likeness (QED) is 0.901. The van der Waals surface area contributed by atoms with Crippen LogP contribution in [0.3, 0.4) is 0 Å². The number of pyridine rings is 1. The molecule has 98 valence electrons. The highest BCUT2D eigenvalue weighted by Gasteiger charge is 2.38. The normalized spacial score (nSPS) is 18.6. The molecule has 2 heterocycles. The molecule has 0 unspecified atom stereocenters. The first-order valence-corrected chi connectivity index (χ1v) is 6.45. The van der Waals surface area contributed by atoms with Gasteiger partial charge in [-0.2, -0.15) is 0 Å². The van der Waals surface area contributed by atoms with Gasteiger partial charge < -0.3 is 10.5 Å². The van der Waals surface area contributed by atoms with Gasteiger partial charge in [-0.05, 0) is 24.5 Å². The highest BCUT2D eigenvalue weighted by molar-refractivity contribution is 6.31. The Labute approximate surface area is 111 Å². The number of nitrogens with two attached hydrogens (primary N) is 1. The van der Waals surface area contributed by atoms with E-state index < -0.39 is 5.41 Å². The molecule has 0 saturated carbocycles. The van der Waals surface area contributed by atoms with Crippen molar-refractivity contribution >= 4 is 17.4 Å². The van der Waals surface area contributed by atoms with Crippen molar-refractivity contribution in [3.8, 4) is 0 Å². The zero-order valence-corrected chi connectivity index (χ0v) is 10.9. The van der Waals surface area contributed by atoms with E-state index in [1.165, 1.54) is 0 Å². The average molecular weight is 269 g/mol. The molecule has 18 heavy (non-hydrogen) atoms. The number of carbonyl (C=O) groups excluding carboxylic acids is 1. The van der Waals surface area contributed by atoms with Gasteiger partial charge in [0.2, 0.25) is 0 Å². The number of ether oxygens (including phenoxy) is 1. The summed E-state index contributed by atoms with van der Waals surface area (Å²) in [5, 5.41) is 0.532. The van der Waals surface area contributed by atoms with Crippen LogP contribution in [0.4, 0.5) is 0 Å². The zero-order valence-electron chi connectivity index (χ0n) is 10.2. The van der Waals surface area contributed by atoms with E-state index in [-0.39, 0.29) is 5.78 Å². The van der Waals surface area contributed by atoms with Crippen molar-refractivity contribution in [3.05, 3.63) is 29.0 Å². The van der Waals surface area contributed by atoms with Crippen LogP contribution in [0.25, 0.3) is 0 Å². The Balaban J connectivity index is 2.13. The van der Waals surface area contributed by atoms with Crippen LogP contribution in [0.15, 0.2) is 18.5 Å². The molecular formula is C13H17ClN2O2. The molecule has 0 aromatic carbocycles. The monoisotopic (exact) mass is 268 g/mol. The van der Waals surface area contributed by atoms with Gasteiger partial charge in [0.25, 0.3) is 0 Å². The van der Waals surface area contributed by atoms with Crippen LogP contribution in [0.2, 0.25) is 5.02 Å². The first-order valence-electron chi connectivity index (χ1n) is 6.07. The minimum Gasteiger partial charge on any atom is -0.381 e. The maximum Gasteiger partial charge on any atom is 0.144 e. The van der Waals surface area contributed by atoms with Crippen molar-refractivity contribution < 1.29 is 9.53 Å². The maximum absolute atomic E-state index is 12.5. The summed E-state index contributed by atoms with van der Waals surface area (Å²) in [5.74, 6) is 0.154. The van der Waals surface area contributed by atoms with Gasteiger partial charge in [0.1, 0.15) is 5.78 Å². The van der Waals surface area contributed by atoms with Gasteiger partial charge in [-0.25, -0.2) is 0 Å². The van der Waals surface area contributed by atoms with Gasteiger partial charge in [0.05, 0.1) is 5.02 Å². The van der Waals surface area contributed by atoms with Crippen molar-refractivity contribution in [1.82, 2.24) is 4.98 Å². The summed E-state index contributed by atoms with van der Waals surface area (Å²) in [6, 6.07) is 1.78.